The summed E-state index contributed by atoms with van der Waals surface area (Å²) in [4.78, 5) is 13.3. The molecule has 1 aliphatic carbocycles. The molecule has 0 radical (unpaired) electrons. The molecule has 2 aromatic carbocycles. The Kier molecular flexibility index (Phi) is 4.46. The van der Waals surface area contributed by atoms with Gasteiger partial charge >= 0.3 is 6.03 Å². The zero-order valence-electron chi connectivity index (χ0n) is 16.7. The maximum absolute atomic E-state index is 11.8. The van der Waals surface area contributed by atoms with Gasteiger partial charge in [-0.05, 0) is 37.5 Å². The molecule has 2 heterocycles. The normalized spacial score (nSPS) is 13.6. The van der Waals surface area contributed by atoms with Crippen LogP contribution in [0.1, 0.15) is 36.9 Å². The van der Waals surface area contributed by atoms with E-state index in [1.807, 2.05) is 48.0 Å². The van der Waals surface area contributed by atoms with Gasteiger partial charge in [-0.2, -0.15) is 5.10 Å². The summed E-state index contributed by atoms with van der Waals surface area (Å²) in [6.07, 6.45) is 2.30. The third-order valence-electron chi connectivity index (χ3n) is 5.57. The van der Waals surface area contributed by atoms with Gasteiger partial charge in [-0.25, -0.2) is 9.48 Å². The van der Waals surface area contributed by atoms with Crippen LogP contribution < -0.4 is 10.6 Å². The molecule has 1 aliphatic rings. The molecule has 152 valence electrons. The fourth-order valence-corrected chi connectivity index (χ4v) is 3.92. The van der Waals surface area contributed by atoms with Crippen molar-refractivity contribution in [3.05, 3.63) is 59.8 Å². The summed E-state index contributed by atoms with van der Waals surface area (Å²) in [6, 6.07) is 15.8. The molecule has 8 nitrogen and oxygen atoms in total. The zero-order chi connectivity index (χ0) is 20.7. The summed E-state index contributed by atoms with van der Waals surface area (Å²) in [7, 11) is 0. The van der Waals surface area contributed by atoms with E-state index < -0.39 is 6.03 Å². The lowest BCUT2D eigenvalue weighted by molar-refractivity contribution is 0.254. The first-order chi connectivity index (χ1) is 14.7. The summed E-state index contributed by atoms with van der Waals surface area (Å²) in [5.41, 5.74) is 10.6. The summed E-state index contributed by atoms with van der Waals surface area (Å²) in [5, 5.41) is 17.2. The van der Waals surface area contributed by atoms with Crippen LogP contribution >= 0.6 is 0 Å². The van der Waals surface area contributed by atoms with Crippen molar-refractivity contribution in [1.29, 1.82) is 0 Å². The summed E-state index contributed by atoms with van der Waals surface area (Å²) >= 11 is 0. The molecule has 30 heavy (non-hydrogen) atoms. The van der Waals surface area contributed by atoms with Crippen molar-refractivity contribution >= 4 is 22.8 Å². The van der Waals surface area contributed by atoms with E-state index in [-0.39, 0.29) is 0 Å². The van der Waals surface area contributed by atoms with Crippen LogP contribution in [0.5, 0.6) is 0 Å². The molecule has 0 atom stereocenters. The highest BCUT2D eigenvalue weighted by atomic mass is 16.2. The van der Waals surface area contributed by atoms with Crippen LogP contribution in [0.3, 0.4) is 0 Å². The minimum atomic E-state index is -0.524. The maximum atomic E-state index is 11.8. The average molecular weight is 401 g/mol. The number of hydrogen-bond acceptors (Lipinski definition) is 4. The summed E-state index contributed by atoms with van der Waals surface area (Å²) in [6.45, 7) is 3.01. The average Bonchev–Trinajstić information content (AvgIpc) is 3.38. The Hall–Kier alpha value is -3.68. The van der Waals surface area contributed by atoms with Crippen LogP contribution in [-0.2, 0) is 6.54 Å². The number of H-pyrrole nitrogens is 1. The fourth-order valence-electron chi connectivity index (χ4n) is 3.92. The second-order valence-corrected chi connectivity index (χ2v) is 7.63. The molecule has 0 spiro atoms. The van der Waals surface area contributed by atoms with Crippen molar-refractivity contribution in [2.45, 2.75) is 32.2 Å². The number of carbonyl (C=O) groups is 1. The number of rotatable bonds is 6. The van der Waals surface area contributed by atoms with Crippen LogP contribution in [0, 0.1) is 0 Å². The minimum absolute atomic E-state index is 0.445. The number of nitrogens with two attached hydrogens (primary N) is 1. The Morgan fingerprint density at radius 2 is 2.03 bits per heavy atom. The highest BCUT2D eigenvalue weighted by Crippen LogP contribution is 2.44. The van der Waals surface area contributed by atoms with Gasteiger partial charge in [-0.3, -0.25) is 10.00 Å². The second kappa shape index (κ2) is 7.29. The van der Waals surface area contributed by atoms with E-state index in [9.17, 15) is 4.79 Å². The fraction of sp³-hybridized carbons (Fsp3) is 0.273. The van der Waals surface area contributed by atoms with Crippen molar-refractivity contribution in [3.63, 3.8) is 0 Å². The quantitative estimate of drug-likeness (QED) is 0.514. The van der Waals surface area contributed by atoms with Crippen LogP contribution in [0.2, 0.25) is 0 Å². The number of benzene rings is 2. The zero-order valence-corrected chi connectivity index (χ0v) is 16.7. The van der Waals surface area contributed by atoms with E-state index in [1.54, 1.807) is 0 Å². The van der Waals surface area contributed by atoms with Crippen LogP contribution in [0.15, 0.2) is 48.5 Å². The van der Waals surface area contributed by atoms with Crippen molar-refractivity contribution in [2.24, 2.45) is 5.73 Å². The molecule has 4 aromatic rings. The third-order valence-corrected chi connectivity index (χ3v) is 5.57. The van der Waals surface area contributed by atoms with E-state index in [4.69, 9.17) is 5.73 Å². The topological polar surface area (TPSA) is 106 Å². The number of aromatic nitrogens is 5. The Morgan fingerprint density at radius 3 is 2.73 bits per heavy atom. The number of primary amides is 1. The molecule has 3 N–H and O–H groups in total. The summed E-state index contributed by atoms with van der Waals surface area (Å²) < 4.78 is 2.02. The SMILES string of the molecule is CCN(C(N)=O)c1n[nH]c2ccc(-c3nnn(Cc4ccccc4)c3C3CC3)cc12. The molecule has 0 saturated heterocycles. The van der Waals surface area contributed by atoms with Crippen molar-refractivity contribution < 1.29 is 4.79 Å². The van der Waals surface area contributed by atoms with Gasteiger partial charge in [0.1, 0.15) is 5.69 Å². The molecule has 0 aliphatic heterocycles. The van der Waals surface area contributed by atoms with Crippen LogP contribution in [0.4, 0.5) is 10.6 Å². The Morgan fingerprint density at radius 1 is 1.23 bits per heavy atom. The number of amides is 2. The lowest BCUT2D eigenvalue weighted by atomic mass is 10.1. The molecule has 1 fully saturated rings. The van der Waals surface area contributed by atoms with Gasteiger partial charge in [0.2, 0.25) is 0 Å². The van der Waals surface area contributed by atoms with Crippen LogP contribution in [-0.4, -0.2) is 37.8 Å². The molecule has 0 unspecified atom stereocenters. The van der Waals surface area contributed by atoms with Crippen molar-refractivity contribution in [3.8, 4) is 11.3 Å². The highest BCUT2D eigenvalue weighted by molar-refractivity contribution is 6.01. The third kappa shape index (κ3) is 3.20. The first-order valence-corrected chi connectivity index (χ1v) is 10.2. The van der Waals surface area contributed by atoms with Gasteiger partial charge in [0, 0.05) is 23.4 Å². The van der Waals surface area contributed by atoms with E-state index >= 15 is 0 Å². The van der Waals surface area contributed by atoms with E-state index in [0.717, 1.165) is 35.0 Å². The van der Waals surface area contributed by atoms with Gasteiger partial charge < -0.3 is 5.73 Å². The number of carbonyl (C=O) groups excluding carboxylic acids is 1. The van der Waals surface area contributed by atoms with Gasteiger partial charge in [0.15, 0.2) is 5.82 Å². The van der Waals surface area contributed by atoms with Gasteiger partial charge in [0.05, 0.1) is 17.8 Å². The van der Waals surface area contributed by atoms with Gasteiger partial charge in [-0.15, -0.1) is 5.10 Å². The maximum Gasteiger partial charge on any atom is 0.320 e. The molecule has 8 heteroatoms. The number of nitrogens with one attached hydrogen (secondary N) is 1. The standard InChI is InChI=1S/C22H23N7O/c1-2-28(22(23)30)21-17-12-16(10-11-18(17)24-26-21)19-20(15-8-9-15)29(27-25-19)13-14-6-4-3-5-7-14/h3-7,10-12,15H,2,8-9,13H2,1H3,(H2,23,30)(H,24,26). The molecular weight excluding hydrogens is 378 g/mol. The first-order valence-electron chi connectivity index (χ1n) is 10.2. The van der Waals surface area contributed by atoms with Gasteiger partial charge in [0.25, 0.3) is 0 Å². The van der Waals surface area contributed by atoms with Crippen molar-refractivity contribution in [2.75, 3.05) is 11.4 Å². The molecule has 1 saturated carbocycles. The minimum Gasteiger partial charge on any atom is -0.351 e. The Labute approximate surface area is 173 Å². The molecule has 0 bridgehead atoms. The number of urea groups is 1. The first kappa shape index (κ1) is 18.4. The number of hydrogen-bond donors (Lipinski definition) is 2. The lowest BCUT2D eigenvalue weighted by Crippen LogP contribution is -2.35. The van der Waals surface area contributed by atoms with E-state index in [1.165, 1.54) is 16.2 Å². The largest absolute Gasteiger partial charge is 0.351 e. The smallest absolute Gasteiger partial charge is 0.320 e. The lowest BCUT2D eigenvalue weighted by Gasteiger charge is -2.15. The van der Waals surface area contributed by atoms with E-state index in [0.29, 0.717) is 24.8 Å². The molecule has 2 aromatic heterocycles. The number of aromatic amines is 1. The van der Waals surface area contributed by atoms with Gasteiger partial charge in [-0.1, -0.05) is 41.6 Å². The van der Waals surface area contributed by atoms with Crippen molar-refractivity contribution in [1.82, 2.24) is 25.2 Å². The predicted octanol–water partition coefficient (Wildman–Crippen LogP) is 3.65. The summed E-state index contributed by atoms with van der Waals surface area (Å²) in [5.74, 6) is 1.02. The number of fused-ring (bicyclic) bond motifs is 1. The highest BCUT2D eigenvalue weighted by Gasteiger charge is 2.32. The molecule has 5 rings (SSSR count). The Bertz CT molecular complexity index is 1210. The number of anilines is 1. The predicted molar refractivity (Wildman–Crippen MR) is 115 cm³/mol. The molecular formula is C22H23N7O. The molecule has 2 amide bonds. The van der Waals surface area contributed by atoms with E-state index in [2.05, 4.69) is 32.6 Å². The second-order valence-electron chi connectivity index (χ2n) is 7.63. The Balaban J connectivity index is 1.58. The number of nitrogens with zero attached hydrogens (tertiary/aromatic N) is 5. The monoisotopic (exact) mass is 401 g/mol. The van der Waals surface area contributed by atoms with Crippen LogP contribution in [0.25, 0.3) is 22.2 Å².